The zero-order valence-corrected chi connectivity index (χ0v) is 13.2. The minimum absolute atomic E-state index is 0.0570. The first-order chi connectivity index (χ1) is 10.4. The molecule has 0 saturated heterocycles. The Hall–Kier alpha value is -1.93. The first-order valence-corrected chi connectivity index (χ1v) is 8.25. The number of rotatable bonds is 6. The molecule has 0 bridgehead atoms. The summed E-state index contributed by atoms with van der Waals surface area (Å²) in [7, 11) is -2.29. The minimum atomic E-state index is -3.44. The lowest BCUT2D eigenvalue weighted by atomic mass is 10.1. The van der Waals surface area contributed by atoms with E-state index in [1.807, 2.05) is 6.07 Å². The number of hydrogen-bond acceptors (Lipinski definition) is 5. The van der Waals surface area contributed by atoms with Gasteiger partial charge in [0.2, 0.25) is 0 Å². The molecule has 8 heteroatoms. The van der Waals surface area contributed by atoms with Gasteiger partial charge >= 0.3 is 0 Å². The summed E-state index contributed by atoms with van der Waals surface area (Å²) >= 11 is 0. The van der Waals surface area contributed by atoms with Crippen molar-refractivity contribution in [2.24, 2.45) is 0 Å². The van der Waals surface area contributed by atoms with E-state index in [1.54, 1.807) is 24.0 Å². The Balaban J connectivity index is 2.04. The number of aromatic nitrogens is 3. The standard InChI is InChI=1S/C14H17FN3O3S/c1-11-8-13(15)10-16-14(11)12-4-6-18(17-9-12)5-3-7-22(19,20)21-2/h4,6,8-10H,3,5,7H2,1-2H3/q+1. The zero-order chi connectivity index (χ0) is 16.2. The second-order valence-electron chi connectivity index (χ2n) is 4.78. The highest BCUT2D eigenvalue weighted by Crippen LogP contribution is 2.19. The van der Waals surface area contributed by atoms with E-state index >= 15 is 0 Å². The van der Waals surface area contributed by atoms with Crippen LogP contribution in [-0.2, 0) is 20.8 Å². The first kappa shape index (κ1) is 16.4. The molecule has 0 radical (unpaired) electrons. The fourth-order valence-electron chi connectivity index (χ4n) is 1.99. The molecule has 2 heterocycles. The van der Waals surface area contributed by atoms with Crippen LogP contribution in [-0.4, -0.2) is 31.4 Å². The molecule has 0 aliphatic carbocycles. The molecule has 0 aliphatic heterocycles. The molecular formula is C14H17FN3O3S+. The van der Waals surface area contributed by atoms with Crippen LogP contribution < -0.4 is 4.68 Å². The van der Waals surface area contributed by atoms with Crippen LogP contribution >= 0.6 is 0 Å². The summed E-state index contributed by atoms with van der Waals surface area (Å²) in [5, 5.41) is 4.21. The van der Waals surface area contributed by atoms with Crippen LogP contribution in [0.1, 0.15) is 12.0 Å². The van der Waals surface area contributed by atoms with Crippen molar-refractivity contribution in [3.63, 3.8) is 0 Å². The third kappa shape index (κ3) is 4.28. The topological polar surface area (TPSA) is 73.0 Å². The number of hydrogen-bond donors (Lipinski definition) is 0. The van der Waals surface area contributed by atoms with Crippen molar-refractivity contribution >= 4 is 10.1 Å². The average molecular weight is 326 g/mol. The number of halogens is 1. The van der Waals surface area contributed by atoms with Crippen LogP contribution in [0.2, 0.25) is 0 Å². The van der Waals surface area contributed by atoms with Crippen molar-refractivity contribution < 1.29 is 21.7 Å². The van der Waals surface area contributed by atoms with Crippen molar-refractivity contribution in [2.75, 3.05) is 12.9 Å². The van der Waals surface area contributed by atoms with Crippen LogP contribution in [0.4, 0.5) is 4.39 Å². The Morgan fingerprint density at radius 1 is 1.36 bits per heavy atom. The van der Waals surface area contributed by atoms with Crippen LogP contribution in [0, 0.1) is 12.7 Å². The zero-order valence-electron chi connectivity index (χ0n) is 12.4. The molecule has 2 aromatic heterocycles. The maximum absolute atomic E-state index is 13.1. The van der Waals surface area contributed by atoms with Gasteiger partial charge in [-0.3, -0.25) is 9.17 Å². The summed E-state index contributed by atoms with van der Waals surface area (Å²) < 4.78 is 41.5. The van der Waals surface area contributed by atoms with Crippen molar-refractivity contribution in [3.05, 3.63) is 42.1 Å². The fraction of sp³-hybridized carbons (Fsp3) is 0.357. The molecule has 2 rings (SSSR count). The monoisotopic (exact) mass is 326 g/mol. The van der Waals surface area contributed by atoms with E-state index in [0.717, 1.165) is 18.2 Å². The first-order valence-electron chi connectivity index (χ1n) is 6.68. The molecule has 0 spiro atoms. The molecule has 0 N–H and O–H groups in total. The Morgan fingerprint density at radius 2 is 2.14 bits per heavy atom. The molecule has 0 saturated carbocycles. The van der Waals surface area contributed by atoms with Gasteiger partial charge in [-0.05, 0) is 23.7 Å². The number of pyridine rings is 1. The van der Waals surface area contributed by atoms with Gasteiger partial charge in [0.15, 0.2) is 12.7 Å². The quantitative estimate of drug-likeness (QED) is 0.590. The van der Waals surface area contributed by atoms with E-state index in [-0.39, 0.29) is 11.6 Å². The van der Waals surface area contributed by atoms with Crippen LogP contribution in [0.5, 0.6) is 0 Å². The molecule has 0 fully saturated rings. The summed E-state index contributed by atoms with van der Waals surface area (Å²) in [5.74, 6) is -0.432. The Labute approximate surface area is 128 Å². The number of nitrogens with zero attached hydrogens (tertiary/aromatic N) is 3. The predicted octanol–water partition coefficient (Wildman–Crippen LogP) is 1.24. The van der Waals surface area contributed by atoms with Gasteiger partial charge in [-0.1, -0.05) is 4.68 Å². The number of aryl methyl sites for hydroxylation is 2. The van der Waals surface area contributed by atoms with E-state index in [2.05, 4.69) is 14.3 Å². The molecule has 118 valence electrons. The maximum Gasteiger partial charge on any atom is 0.267 e. The lowest BCUT2D eigenvalue weighted by Gasteiger charge is -2.03. The van der Waals surface area contributed by atoms with Gasteiger partial charge in [0.05, 0.1) is 24.8 Å². The highest BCUT2D eigenvalue weighted by Gasteiger charge is 2.12. The van der Waals surface area contributed by atoms with Crippen LogP contribution in [0.15, 0.2) is 30.7 Å². The molecule has 6 nitrogen and oxygen atoms in total. The summed E-state index contributed by atoms with van der Waals surface area (Å²) in [6.07, 6.45) is 4.93. The van der Waals surface area contributed by atoms with E-state index in [0.29, 0.717) is 18.7 Å². The minimum Gasteiger partial charge on any atom is -0.273 e. The van der Waals surface area contributed by atoms with Gasteiger partial charge in [-0.15, -0.1) is 0 Å². The Bertz CT molecular complexity index is 748. The molecule has 0 aromatic carbocycles. The van der Waals surface area contributed by atoms with E-state index in [4.69, 9.17) is 0 Å². The summed E-state index contributed by atoms with van der Waals surface area (Å²) in [5.41, 5.74) is 2.17. The van der Waals surface area contributed by atoms with Gasteiger partial charge in [-0.25, -0.2) is 4.39 Å². The van der Waals surface area contributed by atoms with Crippen molar-refractivity contribution in [2.45, 2.75) is 19.9 Å². The van der Waals surface area contributed by atoms with Crippen molar-refractivity contribution in [3.8, 4) is 11.3 Å². The molecular weight excluding hydrogens is 309 g/mol. The average Bonchev–Trinajstić information content (AvgIpc) is 2.48. The van der Waals surface area contributed by atoms with E-state index < -0.39 is 10.1 Å². The maximum atomic E-state index is 13.1. The molecule has 0 amide bonds. The lowest BCUT2D eigenvalue weighted by Crippen LogP contribution is -2.38. The van der Waals surface area contributed by atoms with Gasteiger partial charge in [0, 0.05) is 18.1 Å². The Morgan fingerprint density at radius 3 is 2.73 bits per heavy atom. The van der Waals surface area contributed by atoms with Crippen molar-refractivity contribution in [1.82, 2.24) is 10.1 Å². The fourth-order valence-corrected chi connectivity index (χ4v) is 2.64. The smallest absolute Gasteiger partial charge is 0.267 e. The van der Waals surface area contributed by atoms with Gasteiger partial charge in [-0.2, -0.15) is 8.42 Å². The van der Waals surface area contributed by atoms with E-state index in [9.17, 15) is 12.8 Å². The van der Waals surface area contributed by atoms with Gasteiger partial charge in [0.25, 0.3) is 10.1 Å². The predicted molar refractivity (Wildman–Crippen MR) is 77.8 cm³/mol. The largest absolute Gasteiger partial charge is 0.273 e. The highest BCUT2D eigenvalue weighted by atomic mass is 32.2. The summed E-state index contributed by atoms with van der Waals surface area (Å²) in [6, 6.07) is 3.23. The second kappa shape index (κ2) is 6.89. The SMILES string of the molecule is COS(=O)(=O)CCC[n+]1ccc(-c2ncc(F)cc2C)cn1. The summed E-state index contributed by atoms with van der Waals surface area (Å²) in [6.45, 7) is 2.24. The van der Waals surface area contributed by atoms with Crippen molar-refractivity contribution in [1.29, 1.82) is 0 Å². The van der Waals surface area contributed by atoms with Crippen LogP contribution in [0.3, 0.4) is 0 Å². The highest BCUT2D eigenvalue weighted by molar-refractivity contribution is 7.86. The lowest BCUT2D eigenvalue weighted by molar-refractivity contribution is -0.753. The summed E-state index contributed by atoms with van der Waals surface area (Å²) in [4.78, 5) is 4.06. The van der Waals surface area contributed by atoms with Gasteiger partial charge < -0.3 is 0 Å². The molecule has 0 unspecified atom stereocenters. The second-order valence-corrected chi connectivity index (χ2v) is 6.64. The van der Waals surface area contributed by atoms with E-state index in [1.165, 1.54) is 12.3 Å². The molecule has 0 aliphatic rings. The molecule has 22 heavy (non-hydrogen) atoms. The van der Waals surface area contributed by atoms with Crippen LogP contribution in [0.25, 0.3) is 11.3 Å². The molecule has 0 atom stereocenters. The Kier molecular flexibility index (Phi) is 5.15. The normalized spacial score (nSPS) is 11.6. The molecule has 2 aromatic rings. The van der Waals surface area contributed by atoms with Gasteiger partial charge in [0.1, 0.15) is 12.0 Å². The third-order valence-electron chi connectivity index (χ3n) is 3.13. The third-order valence-corrected chi connectivity index (χ3v) is 4.42.